The molecule has 0 unspecified atom stereocenters. The second kappa shape index (κ2) is 7.78. The maximum Gasteiger partial charge on any atom is 0.238 e. The Morgan fingerprint density at radius 3 is 1.17 bits per heavy atom. The van der Waals surface area contributed by atoms with Crippen molar-refractivity contribution in [3.8, 4) is 0 Å². The van der Waals surface area contributed by atoms with E-state index in [4.69, 9.17) is 0 Å². The molecule has 2 aromatic heterocycles. The van der Waals surface area contributed by atoms with Crippen molar-refractivity contribution in [2.24, 2.45) is 47.3 Å². The number of amides is 4. The van der Waals surface area contributed by atoms with Gasteiger partial charge in [0.1, 0.15) is 0 Å². The Balaban J connectivity index is 0.000000122. The van der Waals surface area contributed by atoms with Crippen LogP contribution < -0.4 is 9.80 Å². The SMILES string of the molecule is O=C1[C@@H]2[C@H](C(=O)N1c1cccnc1)[C@H]1C=C[C@@H]2C1.O=C1[C@@H]2[C@H](C(=O)N1c1cccnc1)[C@H]1C=C[C@@H]2C1. The topological polar surface area (TPSA) is 101 Å². The fraction of sp³-hybridized carbons (Fsp3) is 0.357. The van der Waals surface area contributed by atoms with Crippen LogP contribution in [-0.2, 0) is 19.2 Å². The molecule has 2 saturated carbocycles. The summed E-state index contributed by atoms with van der Waals surface area (Å²) < 4.78 is 0. The van der Waals surface area contributed by atoms with E-state index in [9.17, 15) is 19.2 Å². The Kier molecular flexibility index (Phi) is 4.61. The quantitative estimate of drug-likeness (QED) is 0.484. The normalized spacial score (nSPS) is 36.6. The van der Waals surface area contributed by atoms with E-state index in [1.807, 2.05) is 0 Å². The maximum absolute atomic E-state index is 12.4. The minimum Gasteiger partial charge on any atom is -0.274 e. The number of hydrogen-bond acceptors (Lipinski definition) is 6. The number of imide groups is 2. The Hall–Kier alpha value is -3.94. The zero-order chi connectivity index (χ0) is 24.6. The van der Waals surface area contributed by atoms with E-state index >= 15 is 0 Å². The van der Waals surface area contributed by atoms with Crippen LogP contribution in [-0.4, -0.2) is 33.6 Å². The molecule has 4 heterocycles. The Morgan fingerprint density at radius 2 is 0.889 bits per heavy atom. The van der Waals surface area contributed by atoms with E-state index in [2.05, 4.69) is 34.3 Å². The molecule has 4 amide bonds. The third kappa shape index (κ3) is 2.87. The average molecular weight is 481 g/mol. The lowest BCUT2D eigenvalue weighted by molar-refractivity contribution is -0.124. The van der Waals surface area contributed by atoms with Gasteiger partial charge in [-0.05, 0) is 60.8 Å². The van der Waals surface area contributed by atoms with Crippen molar-refractivity contribution in [1.29, 1.82) is 0 Å². The number of fused-ring (bicyclic) bond motifs is 10. The highest BCUT2D eigenvalue weighted by molar-refractivity contribution is 6.23. The highest BCUT2D eigenvalue weighted by Gasteiger charge is 2.60. The van der Waals surface area contributed by atoms with E-state index in [0.717, 1.165) is 12.8 Å². The van der Waals surface area contributed by atoms with Crippen LogP contribution in [0.3, 0.4) is 0 Å². The molecule has 8 rings (SSSR count). The summed E-state index contributed by atoms with van der Waals surface area (Å²) in [5.41, 5.74) is 1.20. The van der Waals surface area contributed by atoms with Crippen LogP contribution in [0.5, 0.6) is 0 Å². The molecule has 4 fully saturated rings. The van der Waals surface area contributed by atoms with Crippen LogP contribution in [0, 0.1) is 47.3 Å². The van der Waals surface area contributed by atoms with Crippen LogP contribution in [0.25, 0.3) is 0 Å². The number of aromatic nitrogens is 2. The van der Waals surface area contributed by atoms with Crippen LogP contribution >= 0.6 is 0 Å². The molecule has 8 nitrogen and oxygen atoms in total. The molecule has 8 atom stereocenters. The predicted molar refractivity (Wildman–Crippen MR) is 129 cm³/mol. The summed E-state index contributed by atoms with van der Waals surface area (Å²) in [6.07, 6.45) is 16.8. The Bertz CT molecular complexity index is 1180. The van der Waals surface area contributed by atoms with Crippen LogP contribution in [0.15, 0.2) is 73.4 Å². The lowest BCUT2D eigenvalue weighted by Crippen LogP contribution is -2.32. The second-order valence-electron chi connectivity index (χ2n) is 10.4. The van der Waals surface area contributed by atoms with Gasteiger partial charge in [-0.15, -0.1) is 0 Å². The summed E-state index contributed by atoms with van der Waals surface area (Å²) in [7, 11) is 0. The molecule has 0 spiro atoms. The minimum absolute atomic E-state index is 0.0464. The van der Waals surface area contributed by atoms with Gasteiger partial charge in [-0.25, -0.2) is 9.80 Å². The number of carbonyl (C=O) groups excluding carboxylic acids is 4. The number of rotatable bonds is 2. The molecular formula is C28H24N4O4. The second-order valence-corrected chi connectivity index (χ2v) is 10.4. The van der Waals surface area contributed by atoms with E-state index in [1.54, 1.807) is 49.1 Å². The van der Waals surface area contributed by atoms with Gasteiger partial charge in [0.25, 0.3) is 0 Å². The van der Waals surface area contributed by atoms with Crippen molar-refractivity contribution in [2.45, 2.75) is 12.8 Å². The van der Waals surface area contributed by atoms with Crippen LogP contribution in [0.2, 0.25) is 0 Å². The third-order valence-corrected chi connectivity index (χ3v) is 8.75. The first-order valence-electron chi connectivity index (χ1n) is 12.5. The summed E-state index contributed by atoms with van der Waals surface area (Å²) in [4.78, 5) is 60.3. The zero-order valence-corrected chi connectivity index (χ0v) is 19.4. The monoisotopic (exact) mass is 480 g/mol. The molecule has 8 heteroatoms. The Labute approximate surface area is 207 Å². The molecule has 0 radical (unpaired) electrons. The van der Waals surface area contributed by atoms with Gasteiger partial charge in [-0.3, -0.25) is 29.1 Å². The lowest BCUT2D eigenvalue weighted by atomic mass is 9.85. The fourth-order valence-electron chi connectivity index (χ4n) is 7.29. The molecule has 0 aromatic carbocycles. The zero-order valence-electron chi connectivity index (χ0n) is 19.4. The van der Waals surface area contributed by atoms with Crippen molar-refractivity contribution < 1.29 is 19.2 Å². The molecule has 6 aliphatic rings. The lowest BCUT2D eigenvalue weighted by Gasteiger charge is -2.16. The number of pyridine rings is 2. The van der Waals surface area contributed by atoms with Crippen molar-refractivity contribution in [1.82, 2.24) is 9.97 Å². The molecule has 2 aliphatic heterocycles. The smallest absolute Gasteiger partial charge is 0.238 e. The fourth-order valence-corrected chi connectivity index (χ4v) is 7.29. The molecule has 2 saturated heterocycles. The van der Waals surface area contributed by atoms with Gasteiger partial charge in [-0.1, -0.05) is 24.3 Å². The molecule has 4 bridgehead atoms. The summed E-state index contributed by atoms with van der Waals surface area (Å²) in [6, 6.07) is 7.02. The van der Waals surface area contributed by atoms with Gasteiger partial charge in [0.2, 0.25) is 23.6 Å². The molecular weight excluding hydrogens is 456 g/mol. The van der Waals surface area contributed by atoms with Gasteiger partial charge in [-0.2, -0.15) is 0 Å². The van der Waals surface area contributed by atoms with E-state index in [0.29, 0.717) is 11.4 Å². The van der Waals surface area contributed by atoms with Gasteiger partial charge >= 0.3 is 0 Å². The maximum atomic E-state index is 12.4. The number of anilines is 2. The summed E-state index contributed by atoms with van der Waals surface area (Å²) >= 11 is 0. The highest BCUT2D eigenvalue weighted by atomic mass is 16.2. The Morgan fingerprint density at radius 1 is 0.556 bits per heavy atom. The molecule has 0 N–H and O–H groups in total. The molecule has 180 valence electrons. The van der Waals surface area contributed by atoms with E-state index < -0.39 is 0 Å². The molecule has 4 aliphatic carbocycles. The largest absolute Gasteiger partial charge is 0.274 e. The summed E-state index contributed by atoms with van der Waals surface area (Å²) in [5, 5.41) is 0. The molecule has 2 aromatic rings. The summed E-state index contributed by atoms with van der Waals surface area (Å²) in [5.74, 6) is 0.336. The van der Waals surface area contributed by atoms with Crippen molar-refractivity contribution in [3.63, 3.8) is 0 Å². The van der Waals surface area contributed by atoms with E-state index in [1.165, 1.54) is 9.80 Å². The standard InChI is InChI=1S/2C14H12N2O2/c2*17-13-11-8-3-4-9(6-8)12(11)14(18)16(13)10-2-1-5-15-7-10/h2*1-5,7-9,11-12H,6H2/t2*8-,9+,11+,12-. The van der Waals surface area contributed by atoms with Gasteiger partial charge in [0, 0.05) is 12.4 Å². The molecule has 36 heavy (non-hydrogen) atoms. The predicted octanol–water partition coefficient (Wildman–Crippen LogP) is 2.79. The van der Waals surface area contributed by atoms with Gasteiger partial charge < -0.3 is 0 Å². The van der Waals surface area contributed by atoms with E-state index in [-0.39, 0.29) is 71.0 Å². The van der Waals surface area contributed by atoms with Crippen molar-refractivity contribution >= 4 is 35.0 Å². The average Bonchev–Trinajstić information content (AvgIpc) is 3.74. The van der Waals surface area contributed by atoms with Crippen LogP contribution in [0.1, 0.15) is 12.8 Å². The van der Waals surface area contributed by atoms with Gasteiger partial charge in [0.05, 0.1) is 47.4 Å². The van der Waals surface area contributed by atoms with Crippen molar-refractivity contribution in [2.75, 3.05) is 9.80 Å². The first kappa shape index (κ1) is 21.4. The first-order chi connectivity index (χ1) is 17.5. The number of allylic oxidation sites excluding steroid dienone is 4. The number of hydrogen-bond donors (Lipinski definition) is 0. The third-order valence-electron chi connectivity index (χ3n) is 8.75. The number of carbonyl (C=O) groups is 4. The minimum atomic E-state index is -0.132. The summed E-state index contributed by atoms with van der Waals surface area (Å²) in [6.45, 7) is 0. The van der Waals surface area contributed by atoms with Crippen LogP contribution in [0.4, 0.5) is 11.4 Å². The van der Waals surface area contributed by atoms with Gasteiger partial charge in [0.15, 0.2) is 0 Å². The number of nitrogens with zero attached hydrogens (tertiary/aromatic N) is 4. The first-order valence-corrected chi connectivity index (χ1v) is 12.5. The van der Waals surface area contributed by atoms with Crippen molar-refractivity contribution in [3.05, 3.63) is 73.4 Å². The highest BCUT2D eigenvalue weighted by Crippen LogP contribution is 2.54.